The number of primary amides is 1. The number of hydrogen-bond acceptors (Lipinski definition) is 4. The number of rotatable bonds is 3. The Labute approximate surface area is 151 Å². The highest BCUT2D eigenvalue weighted by molar-refractivity contribution is 6.62. The quantitative estimate of drug-likeness (QED) is 0.853. The van der Waals surface area contributed by atoms with Gasteiger partial charge in [0.25, 0.3) is 0 Å². The molecular formula is C19H29BN2O3. The van der Waals surface area contributed by atoms with Crippen LogP contribution >= 0.6 is 0 Å². The maximum absolute atomic E-state index is 11.4. The Kier molecular flexibility index (Phi) is 4.62. The Morgan fingerprint density at radius 2 is 1.72 bits per heavy atom. The highest BCUT2D eigenvalue weighted by Gasteiger charge is 2.51. The van der Waals surface area contributed by atoms with Gasteiger partial charge in [-0.1, -0.05) is 12.1 Å². The number of benzene rings is 1. The number of nitrogens with zero attached hydrogens (tertiary/aromatic N) is 1. The number of carbonyl (C=O) groups is 1. The van der Waals surface area contributed by atoms with E-state index in [1.54, 1.807) is 0 Å². The van der Waals surface area contributed by atoms with E-state index in [-0.39, 0.29) is 30.1 Å². The van der Waals surface area contributed by atoms with Crippen LogP contribution in [0.15, 0.2) is 24.3 Å². The molecule has 2 saturated heterocycles. The van der Waals surface area contributed by atoms with Crippen LogP contribution in [-0.2, 0) is 14.1 Å². The average Bonchev–Trinajstić information content (AvgIpc) is 2.75. The number of carbonyl (C=O) groups excluding carboxylic acids is 1. The number of anilines is 1. The van der Waals surface area contributed by atoms with Gasteiger partial charge in [0.1, 0.15) is 0 Å². The average molecular weight is 344 g/mol. The number of amides is 1. The first-order chi connectivity index (χ1) is 11.6. The fraction of sp³-hybridized carbons (Fsp3) is 0.632. The van der Waals surface area contributed by atoms with Gasteiger partial charge in [0.05, 0.1) is 11.2 Å². The second-order valence-electron chi connectivity index (χ2n) is 8.35. The highest BCUT2D eigenvalue weighted by atomic mass is 16.7. The molecule has 5 nitrogen and oxygen atoms in total. The zero-order valence-electron chi connectivity index (χ0n) is 15.9. The summed E-state index contributed by atoms with van der Waals surface area (Å²) in [5.41, 5.74) is 6.99. The Morgan fingerprint density at radius 1 is 1.16 bits per heavy atom. The molecule has 6 heteroatoms. The van der Waals surface area contributed by atoms with Crippen LogP contribution in [0.25, 0.3) is 0 Å². The molecule has 1 aromatic rings. The number of piperidine rings is 1. The molecule has 0 aliphatic carbocycles. The number of nitrogens with two attached hydrogens (primary N) is 1. The molecule has 2 atom stereocenters. The normalized spacial score (nSPS) is 28.2. The lowest BCUT2D eigenvalue weighted by molar-refractivity contribution is -0.122. The lowest BCUT2D eigenvalue weighted by atomic mass is 9.79. The molecule has 1 aromatic carbocycles. The predicted octanol–water partition coefficient (Wildman–Crippen LogP) is 2.08. The molecule has 0 aromatic heterocycles. The van der Waals surface area contributed by atoms with Crippen LogP contribution in [0.3, 0.4) is 0 Å². The van der Waals surface area contributed by atoms with Crippen LogP contribution in [0.4, 0.5) is 5.69 Å². The van der Waals surface area contributed by atoms with Crippen molar-refractivity contribution < 1.29 is 14.1 Å². The maximum atomic E-state index is 11.4. The van der Waals surface area contributed by atoms with Crippen molar-refractivity contribution >= 4 is 24.2 Å². The molecule has 2 aliphatic rings. The van der Waals surface area contributed by atoms with E-state index < -0.39 is 0 Å². The van der Waals surface area contributed by atoms with Crippen LogP contribution in [0.1, 0.15) is 47.5 Å². The molecular weight excluding hydrogens is 315 g/mol. The van der Waals surface area contributed by atoms with E-state index in [1.807, 2.05) is 0 Å². The molecule has 2 N–H and O–H groups in total. The van der Waals surface area contributed by atoms with Crippen LogP contribution in [0.2, 0.25) is 0 Å². The van der Waals surface area contributed by atoms with Crippen LogP contribution in [0, 0.1) is 5.92 Å². The van der Waals surface area contributed by atoms with E-state index >= 15 is 0 Å². The van der Waals surface area contributed by atoms with E-state index in [1.165, 1.54) is 0 Å². The van der Waals surface area contributed by atoms with Crippen molar-refractivity contribution in [3.05, 3.63) is 24.3 Å². The van der Waals surface area contributed by atoms with Crippen molar-refractivity contribution in [3.8, 4) is 0 Å². The van der Waals surface area contributed by atoms with Gasteiger partial charge in [0.2, 0.25) is 5.91 Å². The SMILES string of the molecule is CC1CC(C(N)=O)CCN1c1ccc(B2OC(C)(C)C(C)(C)O2)cc1. The topological polar surface area (TPSA) is 64.8 Å². The van der Waals surface area contributed by atoms with Crippen molar-refractivity contribution in [2.75, 3.05) is 11.4 Å². The van der Waals surface area contributed by atoms with Gasteiger partial charge in [-0.3, -0.25) is 4.79 Å². The van der Waals surface area contributed by atoms with Crippen LogP contribution in [-0.4, -0.2) is 36.8 Å². The van der Waals surface area contributed by atoms with Crippen molar-refractivity contribution in [3.63, 3.8) is 0 Å². The molecule has 25 heavy (non-hydrogen) atoms. The monoisotopic (exact) mass is 344 g/mol. The minimum Gasteiger partial charge on any atom is -0.399 e. The molecule has 2 aliphatic heterocycles. The summed E-state index contributed by atoms with van der Waals surface area (Å²) >= 11 is 0. The van der Waals surface area contributed by atoms with Gasteiger partial charge in [0, 0.05) is 24.2 Å². The van der Waals surface area contributed by atoms with Crippen LogP contribution < -0.4 is 16.1 Å². The van der Waals surface area contributed by atoms with Crippen molar-refractivity contribution in [2.45, 2.75) is 64.7 Å². The molecule has 136 valence electrons. The van der Waals surface area contributed by atoms with Crippen molar-refractivity contribution in [1.82, 2.24) is 0 Å². The molecule has 1 amide bonds. The van der Waals surface area contributed by atoms with Gasteiger partial charge in [0.15, 0.2) is 0 Å². The molecule has 0 saturated carbocycles. The highest BCUT2D eigenvalue weighted by Crippen LogP contribution is 2.36. The third kappa shape index (κ3) is 3.42. The maximum Gasteiger partial charge on any atom is 0.494 e. The molecule has 0 bridgehead atoms. The lowest BCUT2D eigenvalue weighted by Crippen LogP contribution is -2.44. The van der Waals surface area contributed by atoms with Crippen molar-refractivity contribution in [2.24, 2.45) is 11.7 Å². The largest absolute Gasteiger partial charge is 0.494 e. The molecule has 3 rings (SSSR count). The van der Waals surface area contributed by atoms with Gasteiger partial charge in [-0.15, -0.1) is 0 Å². The second-order valence-corrected chi connectivity index (χ2v) is 8.35. The first-order valence-electron chi connectivity index (χ1n) is 9.12. The summed E-state index contributed by atoms with van der Waals surface area (Å²) in [6.45, 7) is 11.2. The summed E-state index contributed by atoms with van der Waals surface area (Å²) in [4.78, 5) is 13.8. The predicted molar refractivity (Wildman–Crippen MR) is 101 cm³/mol. The van der Waals surface area contributed by atoms with Crippen molar-refractivity contribution in [1.29, 1.82) is 0 Å². The van der Waals surface area contributed by atoms with Crippen LogP contribution in [0.5, 0.6) is 0 Å². The van der Waals surface area contributed by atoms with Gasteiger partial charge >= 0.3 is 7.12 Å². The molecule has 2 fully saturated rings. The van der Waals surface area contributed by atoms with E-state index in [9.17, 15) is 4.79 Å². The molecule has 2 unspecified atom stereocenters. The summed E-state index contributed by atoms with van der Waals surface area (Å²) in [6, 6.07) is 8.67. The Bertz CT molecular complexity index is 629. The Hall–Kier alpha value is -1.53. The Balaban J connectivity index is 1.70. The third-order valence-corrected chi connectivity index (χ3v) is 6.03. The fourth-order valence-electron chi connectivity index (χ4n) is 3.62. The third-order valence-electron chi connectivity index (χ3n) is 6.03. The van der Waals surface area contributed by atoms with Gasteiger partial charge in [-0.2, -0.15) is 0 Å². The molecule has 0 spiro atoms. The number of hydrogen-bond donors (Lipinski definition) is 1. The van der Waals surface area contributed by atoms with Gasteiger partial charge in [-0.25, -0.2) is 0 Å². The minimum atomic E-state index is -0.336. The standard InChI is InChI=1S/C19H29BN2O3/c1-13-12-14(17(21)23)10-11-22(13)16-8-6-15(7-9-16)20-24-18(2,3)19(4,5)25-20/h6-9,13-14H,10-12H2,1-5H3,(H2,21,23). The van der Waals surface area contributed by atoms with Gasteiger partial charge in [-0.05, 0) is 65.1 Å². The smallest absolute Gasteiger partial charge is 0.399 e. The fourth-order valence-corrected chi connectivity index (χ4v) is 3.62. The first kappa shape index (κ1) is 18.3. The van der Waals surface area contributed by atoms with E-state index in [0.29, 0.717) is 6.04 Å². The summed E-state index contributed by atoms with van der Waals surface area (Å²) in [5.74, 6) is -0.183. The molecule has 2 heterocycles. The summed E-state index contributed by atoms with van der Waals surface area (Å²) in [5, 5.41) is 0. The first-order valence-corrected chi connectivity index (χ1v) is 9.12. The van der Waals surface area contributed by atoms with Gasteiger partial charge < -0.3 is 19.9 Å². The van der Waals surface area contributed by atoms with E-state index in [2.05, 4.69) is 63.8 Å². The van der Waals surface area contributed by atoms with E-state index in [4.69, 9.17) is 15.0 Å². The zero-order chi connectivity index (χ0) is 18.4. The second kappa shape index (κ2) is 6.33. The Morgan fingerprint density at radius 3 is 2.20 bits per heavy atom. The lowest BCUT2D eigenvalue weighted by Gasteiger charge is -2.38. The summed E-state index contributed by atoms with van der Waals surface area (Å²) in [7, 11) is -0.336. The minimum absolute atomic E-state index is 0.00438. The van der Waals surface area contributed by atoms with E-state index in [0.717, 1.165) is 30.5 Å². The zero-order valence-corrected chi connectivity index (χ0v) is 15.9. The summed E-state index contributed by atoms with van der Waals surface area (Å²) < 4.78 is 12.2. The molecule has 0 radical (unpaired) electrons. The summed E-state index contributed by atoms with van der Waals surface area (Å²) in [6.07, 6.45) is 1.63.